The highest BCUT2D eigenvalue weighted by Crippen LogP contribution is 2.22. The Hall–Kier alpha value is -1.39. The van der Waals surface area contributed by atoms with Crippen LogP contribution in [-0.2, 0) is 7.05 Å². The molecule has 2 aromatic rings. The standard InChI is InChI=1S/C12H16N2O2/c1-7(15)12(16)9-4-5-11-10(6-9)13-8(2)14(11)3/h4-7,12,15-16H,1-3H3. The normalized spacial score (nSPS) is 15.3. The van der Waals surface area contributed by atoms with Crippen molar-refractivity contribution >= 4 is 11.0 Å². The fourth-order valence-electron chi connectivity index (χ4n) is 1.80. The Morgan fingerprint density at radius 2 is 2.00 bits per heavy atom. The van der Waals surface area contributed by atoms with Crippen LogP contribution in [0.15, 0.2) is 18.2 Å². The fourth-order valence-corrected chi connectivity index (χ4v) is 1.80. The lowest BCUT2D eigenvalue weighted by atomic mass is 10.1. The summed E-state index contributed by atoms with van der Waals surface area (Å²) in [6, 6.07) is 5.55. The summed E-state index contributed by atoms with van der Waals surface area (Å²) in [6.07, 6.45) is -1.63. The number of hydrogen-bond donors (Lipinski definition) is 2. The van der Waals surface area contributed by atoms with Crippen LogP contribution >= 0.6 is 0 Å². The van der Waals surface area contributed by atoms with Crippen molar-refractivity contribution in [2.24, 2.45) is 7.05 Å². The minimum Gasteiger partial charge on any atom is -0.390 e. The van der Waals surface area contributed by atoms with Crippen LogP contribution in [0.25, 0.3) is 11.0 Å². The number of aryl methyl sites for hydroxylation is 2. The summed E-state index contributed by atoms with van der Waals surface area (Å²) in [5.74, 6) is 0.929. The molecule has 0 saturated carbocycles. The summed E-state index contributed by atoms with van der Waals surface area (Å²) in [4.78, 5) is 4.39. The Labute approximate surface area is 94.2 Å². The van der Waals surface area contributed by atoms with Gasteiger partial charge in [-0.05, 0) is 31.5 Å². The molecule has 0 fully saturated rings. The maximum Gasteiger partial charge on any atom is 0.106 e. The van der Waals surface area contributed by atoms with Gasteiger partial charge in [-0.25, -0.2) is 4.98 Å². The van der Waals surface area contributed by atoms with Crippen LogP contribution < -0.4 is 0 Å². The van der Waals surface area contributed by atoms with Gasteiger partial charge >= 0.3 is 0 Å². The highest BCUT2D eigenvalue weighted by atomic mass is 16.3. The van der Waals surface area contributed by atoms with Crippen molar-refractivity contribution in [1.29, 1.82) is 0 Å². The van der Waals surface area contributed by atoms with Crippen molar-refractivity contribution in [2.75, 3.05) is 0 Å². The lowest BCUT2D eigenvalue weighted by molar-refractivity contribution is 0.0306. The number of aromatic nitrogens is 2. The van der Waals surface area contributed by atoms with E-state index in [0.29, 0.717) is 5.56 Å². The van der Waals surface area contributed by atoms with E-state index in [-0.39, 0.29) is 0 Å². The molecule has 0 spiro atoms. The van der Waals surface area contributed by atoms with Crippen LogP contribution in [0.5, 0.6) is 0 Å². The Morgan fingerprint density at radius 1 is 1.31 bits per heavy atom. The third-order valence-electron chi connectivity index (χ3n) is 2.93. The zero-order chi connectivity index (χ0) is 11.9. The second kappa shape index (κ2) is 3.88. The van der Waals surface area contributed by atoms with Crippen molar-refractivity contribution in [3.05, 3.63) is 29.6 Å². The van der Waals surface area contributed by atoms with Gasteiger partial charge in [-0.15, -0.1) is 0 Å². The first kappa shape index (κ1) is 11.1. The third kappa shape index (κ3) is 1.70. The average Bonchev–Trinajstić information content (AvgIpc) is 2.53. The van der Waals surface area contributed by atoms with E-state index in [1.807, 2.05) is 36.7 Å². The second-order valence-electron chi connectivity index (χ2n) is 4.15. The van der Waals surface area contributed by atoms with Crippen LogP contribution in [0.2, 0.25) is 0 Å². The van der Waals surface area contributed by atoms with E-state index in [9.17, 15) is 10.2 Å². The van der Waals surface area contributed by atoms with Gasteiger partial charge in [0.2, 0.25) is 0 Å². The number of fused-ring (bicyclic) bond motifs is 1. The lowest BCUT2D eigenvalue weighted by Gasteiger charge is -2.13. The number of nitrogens with zero attached hydrogens (tertiary/aromatic N) is 2. The molecule has 2 rings (SSSR count). The summed E-state index contributed by atoms with van der Waals surface area (Å²) in [5, 5.41) is 19.1. The fraction of sp³-hybridized carbons (Fsp3) is 0.417. The van der Waals surface area contributed by atoms with Gasteiger partial charge in [0, 0.05) is 7.05 Å². The molecule has 2 atom stereocenters. The van der Waals surface area contributed by atoms with Gasteiger partial charge in [-0.3, -0.25) is 0 Å². The third-order valence-corrected chi connectivity index (χ3v) is 2.93. The molecule has 1 aromatic heterocycles. The van der Waals surface area contributed by atoms with Crippen molar-refractivity contribution in [3.63, 3.8) is 0 Å². The first-order chi connectivity index (χ1) is 7.50. The zero-order valence-electron chi connectivity index (χ0n) is 9.68. The van der Waals surface area contributed by atoms with Crippen molar-refractivity contribution in [2.45, 2.75) is 26.1 Å². The second-order valence-corrected chi connectivity index (χ2v) is 4.15. The SMILES string of the molecule is Cc1nc2cc(C(O)C(C)O)ccc2n1C. The number of aliphatic hydroxyl groups excluding tert-OH is 2. The minimum atomic E-state index is -0.855. The smallest absolute Gasteiger partial charge is 0.106 e. The van der Waals surface area contributed by atoms with E-state index in [1.165, 1.54) is 0 Å². The quantitative estimate of drug-likeness (QED) is 0.802. The highest BCUT2D eigenvalue weighted by molar-refractivity contribution is 5.76. The predicted octanol–water partition coefficient (Wildman–Crippen LogP) is 1.30. The predicted molar refractivity (Wildman–Crippen MR) is 62.1 cm³/mol. The Balaban J connectivity index is 2.52. The largest absolute Gasteiger partial charge is 0.390 e. The van der Waals surface area contributed by atoms with Crippen LogP contribution in [-0.4, -0.2) is 25.9 Å². The van der Waals surface area contributed by atoms with Crippen LogP contribution in [0.1, 0.15) is 24.4 Å². The summed E-state index contributed by atoms with van der Waals surface area (Å²) >= 11 is 0. The first-order valence-corrected chi connectivity index (χ1v) is 5.30. The molecule has 0 aliphatic heterocycles. The molecular weight excluding hydrogens is 204 g/mol. The van der Waals surface area contributed by atoms with Gasteiger partial charge in [0.25, 0.3) is 0 Å². The lowest BCUT2D eigenvalue weighted by Crippen LogP contribution is -2.13. The summed E-state index contributed by atoms with van der Waals surface area (Å²) in [7, 11) is 1.95. The Bertz CT molecular complexity index is 517. The van der Waals surface area contributed by atoms with E-state index in [0.717, 1.165) is 16.9 Å². The van der Waals surface area contributed by atoms with E-state index < -0.39 is 12.2 Å². The molecule has 0 aliphatic rings. The van der Waals surface area contributed by atoms with Crippen molar-refractivity contribution in [1.82, 2.24) is 9.55 Å². The average molecular weight is 220 g/mol. The molecule has 4 heteroatoms. The van der Waals surface area contributed by atoms with Crippen LogP contribution in [0.3, 0.4) is 0 Å². The van der Waals surface area contributed by atoms with Crippen LogP contribution in [0.4, 0.5) is 0 Å². The molecule has 2 unspecified atom stereocenters. The molecule has 16 heavy (non-hydrogen) atoms. The highest BCUT2D eigenvalue weighted by Gasteiger charge is 2.15. The molecule has 1 aromatic carbocycles. The summed E-state index contributed by atoms with van der Waals surface area (Å²) in [5.41, 5.74) is 2.57. The van der Waals surface area contributed by atoms with Gasteiger partial charge in [0.1, 0.15) is 11.9 Å². The zero-order valence-corrected chi connectivity index (χ0v) is 9.68. The van der Waals surface area contributed by atoms with Crippen molar-refractivity contribution in [3.8, 4) is 0 Å². The maximum atomic E-state index is 9.75. The Kier molecular flexibility index (Phi) is 2.69. The van der Waals surface area contributed by atoms with Gasteiger partial charge < -0.3 is 14.8 Å². The summed E-state index contributed by atoms with van der Waals surface area (Å²) < 4.78 is 1.99. The van der Waals surface area contributed by atoms with Gasteiger partial charge in [-0.2, -0.15) is 0 Å². The molecule has 4 nitrogen and oxygen atoms in total. The molecule has 0 bridgehead atoms. The van der Waals surface area contributed by atoms with Gasteiger partial charge in [-0.1, -0.05) is 6.07 Å². The molecule has 0 amide bonds. The Morgan fingerprint density at radius 3 is 2.62 bits per heavy atom. The molecule has 0 aliphatic carbocycles. The molecule has 1 heterocycles. The topological polar surface area (TPSA) is 58.3 Å². The first-order valence-electron chi connectivity index (χ1n) is 5.30. The number of benzene rings is 1. The number of imidazole rings is 1. The van der Waals surface area contributed by atoms with E-state index in [2.05, 4.69) is 4.98 Å². The van der Waals surface area contributed by atoms with E-state index >= 15 is 0 Å². The number of rotatable bonds is 2. The molecule has 0 saturated heterocycles. The molecular formula is C12H16N2O2. The molecule has 2 N–H and O–H groups in total. The maximum absolute atomic E-state index is 9.75. The van der Waals surface area contributed by atoms with Gasteiger partial charge in [0.05, 0.1) is 17.1 Å². The number of hydrogen-bond acceptors (Lipinski definition) is 3. The number of aliphatic hydroxyl groups is 2. The minimum absolute atomic E-state index is 0.695. The van der Waals surface area contributed by atoms with E-state index in [1.54, 1.807) is 6.92 Å². The van der Waals surface area contributed by atoms with Gasteiger partial charge in [0.15, 0.2) is 0 Å². The van der Waals surface area contributed by atoms with Crippen molar-refractivity contribution < 1.29 is 10.2 Å². The summed E-state index contributed by atoms with van der Waals surface area (Å²) in [6.45, 7) is 3.50. The molecule has 0 radical (unpaired) electrons. The van der Waals surface area contributed by atoms with Crippen LogP contribution in [0, 0.1) is 6.92 Å². The molecule has 86 valence electrons. The van der Waals surface area contributed by atoms with E-state index in [4.69, 9.17) is 0 Å². The monoisotopic (exact) mass is 220 g/mol.